The first-order chi connectivity index (χ1) is 11.9. The van der Waals surface area contributed by atoms with E-state index in [1.165, 1.54) is 0 Å². The molecule has 2 aliphatic rings. The van der Waals surface area contributed by atoms with Crippen LogP contribution in [0.4, 0.5) is 5.69 Å². The average Bonchev–Trinajstić information content (AvgIpc) is 3.31. The normalized spacial score (nSPS) is 25.5. The van der Waals surface area contributed by atoms with Gasteiger partial charge in [0.15, 0.2) is 0 Å². The van der Waals surface area contributed by atoms with Crippen LogP contribution in [-0.4, -0.2) is 41.8 Å². The summed E-state index contributed by atoms with van der Waals surface area (Å²) >= 11 is 0. The van der Waals surface area contributed by atoms with Crippen LogP contribution in [0.3, 0.4) is 0 Å². The molecule has 6 nitrogen and oxygen atoms in total. The molecule has 1 heterocycles. The van der Waals surface area contributed by atoms with Gasteiger partial charge in [-0.1, -0.05) is 26.8 Å². The molecule has 1 aliphatic carbocycles. The zero-order chi connectivity index (χ0) is 18.1. The van der Waals surface area contributed by atoms with Crippen LogP contribution in [0.5, 0.6) is 0 Å². The number of carbonyl (C=O) groups is 3. The second-order valence-corrected chi connectivity index (χ2v) is 7.37. The summed E-state index contributed by atoms with van der Waals surface area (Å²) in [6.45, 7) is 6.87. The van der Waals surface area contributed by atoms with E-state index in [0.29, 0.717) is 30.3 Å². The van der Waals surface area contributed by atoms with Crippen molar-refractivity contribution in [2.24, 2.45) is 17.8 Å². The lowest BCUT2D eigenvalue weighted by Gasteiger charge is -2.37. The Labute approximate surface area is 148 Å². The second-order valence-electron chi connectivity index (χ2n) is 7.37. The van der Waals surface area contributed by atoms with Crippen molar-refractivity contribution in [3.63, 3.8) is 0 Å². The summed E-state index contributed by atoms with van der Waals surface area (Å²) < 4.78 is 0. The Morgan fingerprint density at radius 1 is 1.32 bits per heavy atom. The Bertz CT molecular complexity index is 701. The molecule has 0 unspecified atom stereocenters. The number of piperazine rings is 1. The van der Waals surface area contributed by atoms with E-state index in [9.17, 15) is 14.4 Å². The molecule has 0 bridgehead atoms. The van der Waals surface area contributed by atoms with Crippen molar-refractivity contribution in [1.29, 1.82) is 0 Å². The van der Waals surface area contributed by atoms with Crippen molar-refractivity contribution >= 4 is 23.4 Å². The van der Waals surface area contributed by atoms with Gasteiger partial charge in [0.25, 0.3) is 5.91 Å². The third-order valence-electron chi connectivity index (χ3n) is 4.97. The first-order valence-corrected chi connectivity index (χ1v) is 8.88. The third kappa shape index (κ3) is 3.67. The minimum atomic E-state index is -0.466. The van der Waals surface area contributed by atoms with Gasteiger partial charge in [0.05, 0.1) is 0 Å². The van der Waals surface area contributed by atoms with Crippen molar-refractivity contribution in [2.75, 3.05) is 18.4 Å². The Morgan fingerprint density at radius 3 is 2.68 bits per heavy atom. The maximum atomic E-state index is 12.9. The lowest BCUT2D eigenvalue weighted by molar-refractivity contribution is -0.129. The predicted octanol–water partition coefficient (Wildman–Crippen LogP) is 1.88. The topological polar surface area (TPSA) is 78.5 Å². The lowest BCUT2D eigenvalue weighted by atomic mass is 9.98. The molecular weight excluding hydrogens is 318 g/mol. The van der Waals surface area contributed by atoms with E-state index in [1.807, 2.05) is 13.8 Å². The van der Waals surface area contributed by atoms with Crippen LogP contribution in [0.15, 0.2) is 24.3 Å². The molecule has 1 saturated heterocycles. The first kappa shape index (κ1) is 17.5. The molecular formula is C19H25N3O3. The summed E-state index contributed by atoms with van der Waals surface area (Å²) in [5, 5.41) is 5.71. The number of benzene rings is 1. The summed E-state index contributed by atoms with van der Waals surface area (Å²) in [5.41, 5.74) is 1.11. The van der Waals surface area contributed by atoms with Gasteiger partial charge in [-0.15, -0.1) is 0 Å². The van der Waals surface area contributed by atoms with E-state index in [0.717, 1.165) is 6.42 Å². The van der Waals surface area contributed by atoms with Crippen LogP contribution >= 0.6 is 0 Å². The third-order valence-corrected chi connectivity index (χ3v) is 4.97. The Morgan fingerprint density at radius 2 is 2.04 bits per heavy atom. The van der Waals surface area contributed by atoms with Crippen molar-refractivity contribution in [3.8, 4) is 0 Å². The summed E-state index contributed by atoms with van der Waals surface area (Å²) in [6.07, 6.45) is 0.920. The van der Waals surface area contributed by atoms with Crippen LogP contribution in [0, 0.1) is 17.8 Å². The number of nitrogens with zero attached hydrogens (tertiary/aromatic N) is 1. The quantitative estimate of drug-likeness (QED) is 0.876. The Balaban J connectivity index is 1.76. The van der Waals surface area contributed by atoms with Crippen LogP contribution in [0.1, 0.15) is 37.6 Å². The molecule has 1 saturated carbocycles. The molecule has 3 amide bonds. The number of hydrogen-bond acceptors (Lipinski definition) is 3. The molecule has 25 heavy (non-hydrogen) atoms. The van der Waals surface area contributed by atoms with E-state index in [2.05, 4.69) is 17.6 Å². The Hall–Kier alpha value is -2.37. The van der Waals surface area contributed by atoms with Crippen LogP contribution in [0.25, 0.3) is 0 Å². The number of rotatable bonds is 4. The number of amides is 3. The van der Waals surface area contributed by atoms with Gasteiger partial charge in [0, 0.05) is 30.3 Å². The van der Waals surface area contributed by atoms with E-state index < -0.39 is 6.04 Å². The molecule has 3 rings (SSSR count). The summed E-state index contributed by atoms with van der Waals surface area (Å²) in [4.78, 5) is 38.8. The second kappa shape index (κ2) is 6.86. The summed E-state index contributed by atoms with van der Waals surface area (Å²) in [5.74, 6) is 0.267. The number of nitrogens with one attached hydrogen (secondary N) is 2. The smallest absolute Gasteiger partial charge is 0.254 e. The Kier molecular flexibility index (Phi) is 4.79. The molecule has 134 valence electrons. The van der Waals surface area contributed by atoms with Crippen molar-refractivity contribution in [1.82, 2.24) is 10.2 Å². The average molecular weight is 343 g/mol. The fourth-order valence-electron chi connectivity index (χ4n) is 3.39. The van der Waals surface area contributed by atoms with Gasteiger partial charge in [-0.3, -0.25) is 14.4 Å². The van der Waals surface area contributed by atoms with Gasteiger partial charge in [-0.25, -0.2) is 0 Å². The molecule has 6 heteroatoms. The fraction of sp³-hybridized carbons (Fsp3) is 0.526. The molecule has 1 aromatic carbocycles. The van der Waals surface area contributed by atoms with E-state index >= 15 is 0 Å². The molecule has 0 radical (unpaired) electrons. The molecule has 2 N–H and O–H groups in total. The van der Waals surface area contributed by atoms with Crippen LogP contribution in [0.2, 0.25) is 0 Å². The van der Waals surface area contributed by atoms with Gasteiger partial charge >= 0.3 is 0 Å². The number of hydrogen-bond donors (Lipinski definition) is 2. The largest absolute Gasteiger partial charge is 0.353 e. The number of carbonyl (C=O) groups excluding carboxylic acids is 3. The fourth-order valence-corrected chi connectivity index (χ4v) is 3.39. The predicted molar refractivity (Wildman–Crippen MR) is 95.0 cm³/mol. The van der Waals surface area contributed by atoms with E-state index in [-0.39, 0.29) is 29.6 Å². The SMILES string of the molecule is CC(C)[C@@H]1C(=O)NCCN1C(=O)c1cccc(NC(=O)[C@@H]2C[C@@H]2C)c1. The van der Waals surface area contributed by atoms with Gasteiger partial charge in [0.2, 0.25) is 11.8 Å². The molecule has 1 aromatic rings. The van der Waals surface area contributed by atoms with Gasteiger partial charge in [-0.2, -0.15) is 0 Å². The molecule has 3 atom stereocenters. The highest BCUT2D eigenvalue weighted by molar-refractivity contribution is 6.00. The molecule has 0 aromatic heterocycles. The monoisotopic (exact) mass is 343 g/mol. The van der Waals surface area contributed by atoms with Crippen molar-refractivity contribution < 1.29 is 14.4 Å². The minimum absolute atomic E-state index is 0.00880. The lowest BCUT2D eigenvalue weighted by Crippen LogP contribution is -2.59. The maximum Gasteiger partial charge on any atom is 0.254 e. The minimum Gasteiger partial charge on any atom is -0.353 e. The zero-order valence-electron chi connectivity index (χ0n) is 14.9. The first-order valence-electron chi connectivity index (χ1n) is 8.88. The van der Waals surface area contributed by atoms with Crippen LogP contribution in [-0.2, 0) is 9.59 Å². The zero-order valence-corrected chi connectivity index (χ0v) is 14.9. The van der Waals surface area contributed by atoms with E-state index in [1.54, 1.807) is 29.2 Å². The molecule has 0 spiro atoms. The highest BCUT2D eigenvalue weighted by Gasteiger charge is 2.39. The highest BCUT2D eigenvalue weighted by Crippen LogP contribution is 2.38. The highest BCUT2D eigenvalue weighted by atomic mass is 16.2. The number of anilines is 1. The van der Waals surface area contributed by atoms with Gasteiger partial charge < -0.3 is 15.5 Å². The summed E-state index contributed by atoms with van der Waals surface area (Å²) in [6, 6.07) is 6.49. The van der Waals surface area contributed by atoms with Gasteiger partial charge in [0.1, 0.15) is 6.04 Å². The van der Waals surface area contributed by atoms with Crippen LogP contribution < -0.4 is 10.6 Å². The van der Waals surface area contributed by atoms with Crippen molar-refractivity contribution in [3.05, 3.63) is 29.8 Å². The van der Waals surface area contributed by atoms with Gasteiger partial charge in [-0.05, 0) is 36.5 Å². The molecule has 1 aliphatic heterocycles. The maximum absolute atomic E-state index is 12.9. The molecule has 2 fully saturated rings. The standard InChI is InChI=1S/C19H25N3O3/c1-11(2)16-18(24)20-7-8-22(16)19(25)13-5-4-6-14(10-13)21-17(23)15-9-12(15)3/h4-6,10-12,15-16H,7-9H2,1-3H3,(H,20,24)(H,21,23)/t12-,15+,16+/m0/s1. The van der Waals surface area contributed by atoms with Crippen molar-refractivity contribution in [2.45, 2.75) is 33.2 Å². The van der Waals surface area contributed by atoms with E-state index in [4.69, 9.17) is 0 Å². The summed E-state index contributed by atoms with van der Waals surface area (Å²) in [7, 11) is 0.